The molecule has 1 aliphatic heterocycles. The second kappa shape index (κ2) is 9.02. The number of Topliss-reactive ketones (excluding diaryl/α,β-unsaturated/α-hetero) is 1. The van der Waals surface area contributed by atoms with E-state index in [2.05, 4.69) is 26.8 Å². The summed E-state index contributed by atoms with van der Waals surface area (Å²) in [5.74, 6) is 0.501. The molecule has 33 heavy (non-hydrogen) atoms. The summed E-state index contributed by atoms with van der Waals surface area (Å²) in [5.41, 5.74) is -0.313. The quantitative estimate of drug-likeness (QED) is 0.601. The topological polar surface area (TPSA) is 78.4 Å². The van der Waals surface area contributed by atoms with E-state index >= 15 is 0 Å². The Morgan fingerprint density at radius 1 is 1.27 bits per heavy atom. The first-order valence-electron chi connectivity index (χ1n) is 11.2. The van der Waals surface area contributed by atoms with Crippen molar-refractivity contribution in [3.8, 4) is 0 Å². The maximum atomic E-state index is 13.1. The molecule has 0 unspecified atom stereocenters. The Labute approximate surface area is 190 Å². The molecule has 2 aliphatic rings. The molecule has 2 fully saturated rings. The summed E-state index contributed by atoms with van der Waals surface area (Å²) in [6.45, 7) is 7.50. The number of hydrogen-bond donors (Lipinski definition) is 2. The first-order valence-corrected chi connectivity index (χ1v) is 11.2. The predicted molar refractivity (Wildman–Crippen MR) is 120 cm³/mol. The highest BCUT2D eigenvalue weighted by atomic mass is 19.4. The lowest BCUT2D eigenvalue weighted by molar-refractivity contribution is -0.137. The molecule has 1 aromatic heterocycles. The van der Waals surface area contributed by atoms with Crippen LogP contribution in [0.1, 0.15) is 44.6 Å². The van der Waals surface area contributed by atoms with Crippen LogP contribution in [0, 0.1) is 5.92 Å². The Morgan fingerprint density at radius 2 is 1.97 bits per heavy atom. The molecule has 0 spiro atoms. The minimum absolute atomic E-state index is 0.00121. The van der Waals surface area contributed by atoms with E-state index in [1.807, 2.05) is 6.92 Å². The molecule has 1 saturated heterocycles. The van der Waals surface area contributed by atoms with Crippen LogP contribution in [0.2, 0.25) is 0 Å². The molecule has 0 atom stereocenters. The van der Waals surface area contributed by atoms with E-state index in [4.69, 9.17) is 0 Å². The van der Waals surface area contributed by atoms with Crippen LogP contribution < -0.4 is 5.32 Å². The number of rotatable bonds is 7. The Hall–Kier alpha value is -2.52. The molecule has 0 amide bonds. The van der Waals surface area contributed by atoms with Gasteiger partial charge in [0.15, 0.2) is 5.78 Å². The van der Waals surface area contributed by atoms with Crippen molar-refractivity contribution in [2.75, 3.05) is 25.0 Å². The molecule has 4 rings (SSSR count). The number of hydrogen-bond acceptors (Lipinski definition) is 6. The molecular weight excluding hydrogens is 433 g/mol. The second-order valence-corrected chi connectivity index (χ2v) is 9.41. The van der Waals surface area contributed by atoms with E-state index in [-0.39, 0.29) is 29.4 Å². The van der Waals surface area contributed by atoms with Crippen molar-refractivity contribution in [1.82, 2.24) is 14.9 Å². The normalized spacial score (nSPS) is 24.5. The summed E-state index contributed by atoms with van der Waals surface area (Å²) in [4.78, 5) is 22.9. The van der Waals surface area contributed by atoms with Crippen LogP contribution >= 0.6 is 0 Å². The fraction of sp³-hybridized carbons (Fsp3) is 0.542. The molecule has 0 bridgehead atoms. The Kier molecular flexibility index (Phi) is 6.46. The lowest BCUT2D eigenvalue weighted by Gasteiger charge is -2.48. The van der Waals surface area contributed by atoms with Gasteiger partial charge >= 0.3 is 6.18 Å². The second-order valence-electron chi connectivity index (χ2n) is 9.41. The highest BCUT2D eigenvalue weighted by molar-refractivity contribution is 5.91. The number of nitrogens with zero attached hydrogens (tertiary/aromatic N) is 3. The molecule has 6 nitrogen and oxygen atoms in total. The zero-order valence-electron chi connectivity index (χ0n) is 18.7. The molecule has 0 radical (unpaired) electrons. The molecule has 1 aliphatic carbocycles. The lowest BCUT2D eigenvalue weighted by Crippen LogP contribution is -2.55. The van der Waals surface area contributed by atoms with E-state index in [1.165, 1.54) is 12.4 Å². The van der Waals surface area contributed by atoms with Gasteiger partial charge in [0, 0.05) is 30.9 Å². The highest BCUT2D eigenvalue weighted by Crippen LogP contribution is 2.37. The van der Waals surface area contributed by atoms with Gasteiger partial charge in [0.2, 0.25) is 0 Å². The number of carbonyl (C=O) groups excluding carboxylic acids is 1. The third-order valence-electron chi connectivity index (χ3n) is 7.01. The molecule has 9 heteroatoms. The number of ketones is 1. The van der Waals surface area contributed by atoms with Crippen molar-refractivity contribution >= 4 is 22.5 Å². The Bertz CT molecular complexity index is 1040. The zero-order chi connectivity index (χ0) is 23.8. The number of anilines is 1. The lowest BCUT2D eigenvalue weighted by atomic mass is 9.76. The third kappa shape index (κ3) is 5.19. The first kappa shape index (κ1) is 23.6. The van der Waals surface area contributed by atoms with Crippen molar-refractivity contribution in [3.63, 3.8) is 0 Å². The number of alkyl halides is 3. The van der Waals surface area contributed by atoms with Crippen LogP contribution in [0.5, 0.6) is 0 Å². The first-order chi connectivity index (χ1) is 15.5. The Morgan fingerprint density at radius 3 is 2.61 bits per heavy atom. The van der Waals surface area contributed by atoms with Gasteiger partial charge in [-0.3, -0.25) is 9.69 Å². The highest BCUT2D eigenvalue weighted by Gasteiger charge is 2.39. The number of benzene rings is 1. The van der Waals surface area contributed by atoms with Crippen molar-refractivity contribution < 1.29 is 23.1 Å². The van der Waals surface area contributed by atoms with Crippen molar-refractivity contribution in [2.24, 2.45) is 5.92 Å². The molecule has 178 valence electrons. The summed E-state index contributed by atoms with van der Waals surface area (Å²) in [6, 6.07) is 3.73. The van der Waals surface area contributed by atoms with Gasteiger partial charge in [0.25, 0.3) is 0 Å². The third-order valence-corrected chi connectivity index (χ3v) is 7.01. The molecule has 2 aromatic rings. The minimum Gasteiger partial charge on any atom is -0.386 e. The Balaban J connectivity index is 1.26. The summed E-state index contributed by atoms with van der Waals surface area (Å²) < 4.78 is 39.2. The van der Waals surface area contributed by atoms with Gasteiger partial charge in [-0.2, -0.15) is 13.2 Å². The summed E-state index contributed by atoms with van der Waals surface area (Å²) in [6.07, 6.45) is 0.515. The maximum Gasteiger partial charge on any atom is 0.416 e. The molecule has 2 heterocycles. The number of carbonyl (C=O) groups is 1. The van der Waals surface area contributed by atoms with Crippen molar-refractivity contribution in [1.29, 1.82) is 0 Å². The van der Waals surface area contributed by atoms with Crippen LogP contribution in [-0.2, 0) is 11.0 Å². The summed E-state index contributed by atoms with van der Waals surface area (Å²) in [5, 5.41) is 13.7. The zero-order valence-corrected chi connectivity index (χ0v) is 18.7. The van der Waals surface area contributed by atoms with E-state index in [0.717, 1.165) is 56.5 Å². The number of aliphatic hydroxyl groups is 1. The fourth-order valence-corrected chi connectivity index (χ4v) is 4.86. The molecule has 2 N–H and O–H groups in total. The number of nitrogens with one attached hydrogen (secondary N) is 1. The molecule has 1 aromatic carbocycles. The van der Waals surface area contributed by atoms with E-state index < -0.39 is 17.3 Å². The SMILES string of the molecule is C=C(C)C1(O)CCC(N2CC(CC(=O)CNc3ncnc4ccc(C(F)(F)F)cc34)C2)CC1. The smallest absolute Gasteiger partial charge is 0.386 e. The van der Waals surface area contributed by atoms with Crippen molar-refractivity contribution in [2.45, 2.75) is 56.8 Å². The van der Waals surface area contributed by atoms with E-state index in [9.17, 15) is 23.1 Å². The van der Waals surface area contributed by atoms with Gasteiger partial charge in [-0.15, -0.1) is 0 Å². The van der Waals surface area contributed by atoms with Gasteiger partial charge in [0.1, 0.15) is 12.1 Å². The van der Waals surface area contributed by atoms with Gasteiger partial charge in [-0.25, -0.2) is 9.97 Å². The van der Waals surface area contributed by atoms with Crippen LogP contribution in [0.15, 0.2) is 36.7 Å². The van der Waals surface area contributed by atoms with Crippen LogP contribution in [-0.4, -0.2) is 57.0 Å². The van der Waals surface area contributed by atoms with Gasteiger partial charge < -0.3 is 10.4 Å². The molecular formula is C24H29F3N4O2. The molecule has 1 saturated carbocycles. The van der Waals surface area contributed by atoms with Gasteiger partial charge in [0.05, 0.1) is 23.2 Å². The average Bonchev–Trinajstić information content (AvgIpc) is 2.74. The predicted octanol–water partition coefficient (Wildman–Crippen LogP) is 4.20. The number of halogens is 3. The van der Waals surface area contributed by atoms with E-state index in [1.54, 1.807) is 0 Å². The summed E-state index contributed by atoms with van der Waals surface area (Å²) >= 11 is 0. The monoisotopic (exact) mass is 462 g/mol. The van der Waals surface area contributed by atoms with E-state index in [0.29, 0.717) is 18.0 Å². The van der Waals surface area contributed by atoms with Crippen LogP contribution in [0.3, 0.4) is 0 Å². The number of fused-ring (bicyclic) bond motifs is 1. The maximum absolute atomic E-state index is 13.1. The largest absolute Gasteiger partial charge is 0.416 e. The van der Waals surface area contributed by atoms with Gasteiger partial charge in [-0.1, -0.05) is 6.58 Å². The average molecular weight is 463 g/mol. The standard InChI is InChI=1S/C24H29F3N4O2/c1-15(2)23(33)7-5-18(6-8-23)31-12-16(13-31)9-19(32)11-28-22-20-10-17(24(25,26)27)3-4-21(20)29-14-30-22/h3-4,10,14,16,18,33H,1,5-9,11-13H2,2H3,(H,28,29,30). The van der Waals surface area contributed by atoms with Gasteiger partial charge in [-0.05, 0) is 62.3 Å². The van der Waals surface area contributed by atoms with Crippen molar-refractivity contribution in [3.05, 3.63) is 42.2 Å². The van der Waals surface area contributed by atoms with Crippen LogP contribution in [0.4, 0.5) is 19.0 Å². The summed E-state index contributed by atoms with van der Waals surface area (Å²) in [7, 11) is 0. The number of aromatic nitrogens is 2. The number of likely N-dealkylation sites (tertiary alicyclic amines) is 1. The fourth-order valence-electron chi connectivity index (χ4n) is 4.86. The minimum atomic E-state index is -4.46. The van der Waals surface area contributed by atoms with Crippen LogP contribution in [0.25, 0.3) is 10.9 Å².